The standard InChI is InChI=1S/C24H24FN5O4S2/c1-15-13-22(30(28-15)24-26-20-8-3-17(25)14-21(20)35-24)27-23(31)16-9-11-29(12-10-16)36(32,33)19-6-4-18(34-2)5-7-19/h3-8,13-14,16H,9-12H2,1-2H3,(H,27,31). The molecule has 9 nitrogen and oxygen atoms in total. The molecule has 3 heterocycles. The van der Waals surface area contributed by atoms with Gasteiger partial charge in [0.2, 0.25) is 21.1 Å². The lowest BCUT2D eigenvalue weighted by Crippen LogP contribution is -2.41. The van der Waals surface area contributed by atoms with E-state index in [1.54, 1.807) is 28.9 Å². The van der Waals surface area contributed by atoms with E-state index in [0.29, 0.717) is 45.5 Å². The van der Waals surface area contributed by atoms with Crippen molar-refractivity contribution in [3.63, 3.8) is 0 Å². The van der Waals surface area contributed by atoms with Gasteiger partial charge in [-0.3, -0.25) is 4.79 Å². The zero-order chi connectivity index (χ0) is 25.4. The van der Waals surface area contributed by atoms with Gasteiger partial charge >= 0.3 is 0 Å². The number of carbonyl (C=O) groups excluding carboxylic acids is 1. The van der Waals surface area contributed by atoms with Crippen molar-refractivity contribution in [2.45, 2.75) is 24.7 Å². The number of piperidine rings is 1. The number of thiazole rings is 1. The first-order valence-electron chi connectivity index (χ1n) is 11.3. The van der Waals surface area contributed by atoms with E-state index in [4.69, 9.17) is 4.74 Å². The van der Waals surface area contributed by atoms with Gasteiger partial charge in [-0.25, -0.2) is 17.8 Å². The van der Waals surface area contributed by atoms with Crippen LogP contribution < -0.4 is 10.1 Å². The van der Waals surface area contributed by atoms with E-state index in [2.05, 4.69) is 15.4 Å². The molecule has 188 valence electrons. The highest BCUT2D eigenvalue weighted by atomic mass is 32.2. The minimum absolute atomic E-state index is 0.196. The summed E-state index contributed by atoms with van der Waals surface area (Å²) in [5.41, 5.74) is 1.34. The highest BCUT2D eigenvalue weighted by Crippen LogP contribution is 2.29. The van der Waals surface area contributed by atoms with Crippen LogP contribution in [-0.4, -0.2) is 53.6 Å². The van der Waals surface area contributed by atoms with Crippen molar-refractivity contribution < 1.29 is 22.3 Å². The molecule has 0 saturated carbocycles. The van der Waals surface area contributed by atoms with E-state index >= 15 is 0 Å². The minimum Gasteiger partial charge on any atom is -0.497 e. The molecule has 5 rings (SSSR count). The summed E-state index contributed by atoms with van der Waals surface area (Å²) in [7, 11) is -2.13. The number of aromatic nitrogens is 3. The molecule has 1 fully saturated rings. The second-order valence-corrected chi connectivity index (χ2v) is 11.5. The van der Waals surface area contributed by atoms with Crippen LogP contribution in [0.5, 0.6) is 5.75 Å². The zero-order valence-electron chi connectivity index (χ0n) is 19.6. The first-order chi connectivity index (χ1) is 17.2. The summed E-state index contributed by atoms with van der Waals surface area (Å²) in [6.45, 7) is 2.30. The van der Waals surface area contributed by atoms with Gasteiger partial charge in [0.1, 0.15) is 17.4 Å². The van der Waals surface area contributed by atoms with Crippen molar-refractivity contribution in [2.24, 2.45) is 5.92 Å². The van der Waals surface area contributed by atoms with Gasteiger partial charge in [-0.2, -0.15) is 14.1 Å². The third kappa shape index (κ3) is 4.71. The summed E-state index contributed by atoms with van der Waals surface area (Å²) >= 11 is 1.27. The Bertz CT molecular complexity index is 1520. The normalized spacial score (nSPS) is 15.3. The molecule has 4 aromatic rings. The van der Waals surface area contributed by atoms with E-state index in [0.717, 1.165) is 0 Å². The monoisotopic (exact) mass is 529 g/mol. The van der Waals surface area contributed by atoms with Crippen LogP contribution in [-0.2, 0) is 14.8 Å². The first-order valence-corrected chi connectivity index (χ1v) is 13.6. The van der Waals surface area contributed by atoms with E-state index < -0.39 is 10.0 Å². The lowest BCUT2D eigenvalue weighted by molar-refractivity contribution is -0.120. The summed E-state index contributed by atoms with van der Waals surface area (Å²) in [6.07, 6.45) is 0.795. The predicted molar refractivity (Wildman–Crippen MR) is 135 cm³/mol. The second kappa shape index (κ2) is 9.60. The molecule has 0 unspecified atom stereocenters. The third-order valence-electron chi connectivity index (χ3n) is 6.13. The lowest BCUT2D eigenvalue weighted by Gasteiger charge is -2.30. The Morgan fingerprint density at radius 2 is 1.86 bits per heavy atom. The van der Waals surface area contributed by atoms with Crippen molar-refractivity contribution in [1.29, 1.82) is 0 Å². The van der Waals surface area contributed by atoms with Crippen molar-refractivity contribution in [3.05, 3.63) is 60.0 Å². The topological polar surface area (TPSA) is 106 Å². The molecule has 2 aromatic carbocycles. The van der Waals surface area contributed by atoms with Crippen LogP contribution in [0.4, 0.5) is 10.2 Å². The van der Waals surface area contributed by atoms with Crippen LogP contribution in [0.1, 0.15) is 18.5 Å². The zero-order valence-corrected chi connectivity index (χ0v) is 21.3. The molecule has 0 atom stereocenters. The molecule has 0 aliphatic carbocycles. The molecule has 0 bridgehead atoms. The largest absolute Gasteiger partial charge is 0.497 e. The summed E-state index contributed by atoms with van der Waals surface area (Å²) in [6, 6.07) is 12.4. The average Bonchev–Trinajstić information content (AvgIpc) is 3.46. The Labute approximate surface area is 211 Å². The molecule has 1 aliphatic heterocycles. The van der Waals surface area contributed by atoms with Gasteiger partial charge in [0.05, 0.1) is 27.9 Å². The average molecular weight is 530 g/mol. The number of sulfonamides is 1. The number of ether oxygens (including phenoxy) is 1. The number of rotatable bonds is 6. The Morgan fingerprint density at radius 1 is 1.14 bits per heavy atom. The van der Waals surface area contributed by atoms with Gasteiger partial charge < -0.3 is 10.1 Å². The van der Waals surface area contributed by atoms with Crippen LogP contribution >= 0.6 is 11.3 Å². The second-order valence-electron chi connectivity index (χ2n) is 8.53. The van der Waals surface area contributed by atoms with E-state index in [9.17, 15) is 17.6 Å². The van der Waals surface area contributed by atoms with Crippen molar-refractivity contribution in [1.82, 2.24) is 19.1 Å². The van der Waals surface area contributed by atoms with Crippen LogP contribution in [0.3, 0.4) is 0 Å². The molecule has 1 aliphatic rings. The number of methoxy groups -OCH3 is 1. The molecule has 36 heavy (non-hydrogen) atoms. The number of amides is 1. The number of carbonyl (C=O) groups is 1. The minimum atomic E-state index is -3.65. The maximum absolute atomic E-state index is 13.6. The van der Waals surface area contributed by atoms with Crippen LogP contribution in [0.25, 0.3) is 15.3 Å². The summed E-state index contributed by atoms with van der Waals surface area (Å²) in [4.78, 5) is 17.8. The molecule has 12 heteroatoms. The number of nitrogens with zero attached hydrogens (tertiary/aromatic N) is 4. The number of nitrogens with one attached hydrogen (secondary N) is 1. The number of hydrogen-bond donors (Lipinski definition) is 1. The van der Waals surface area contributed by atoms with E-state index in [1.807, 2.05) is 6.92 Å². The SMILES string of the molecule is COc1ccc(S(=O)(=O)N2CCC(C(=O)Nc3cc(C)nn3-c3nc4ccc(F)cc4s3)CC2)cc1. The fourth-order valence-electron chi connectivity index (χ4n) is 4.19. The number of anilines is 1. The maximum atomic E-state index is 13.6. The van der Waals surface area contributed by atoms with Gasteiger partial charge in [-0.1, -0.05) is 11.3 Å². The fourth-order valence-corrected chi connectivity index (χ4v) is 6.62. The van der Waals surface area contributed by atoms with Crippen molar-refractivity contribution in [3.8, 4) is 10.9 Å². The van der Waals surface area contributed by atoms with Gasteiger partial charge in [0.25, 0.3) is 0 Å². The third-order valence-corrected chi connectivity index (χ3v) is 9.03. The van der Waals surface area contributed by atoms with Crippen molar-refractivity contribution in [2.75, 3.05) is 25.5 Å². The summed E-state index contributed by atoms with van der Waals surface area (Å²) < 4.78 is 48.3. The highest BCUT2D eigenvalue weighted by molar-refractivity contribution is 7.89. The first kappa shape index (κ1) is 24.3. The smallest absolute Gasteiger partial charge is 0.243 e. The summed E-state index contributed by atoms with van der Waals surface area (Å²) in [5.74, 6) is 0.149. The molecule has 0 radical (unpaired) electrons. The summed E-state index contributed by atoms with van der Waals surface area (Å²) in [5, 5.41) is 7.89. The fraction of sp³-hybridized carbons (Fsp3) is 0.292. The number of benzene rings is 2. The highest BCUT2D eigenvalue weighted by Gasteiger charge is 2.32. The molecular weight excluding hydrogens is 505 g/mol. The van der Waals surface area contributed by atoms with Gasteiger partial charge in [-0.15, -0.1) is 0 Å². The Kier molecular flexibility index (Phi) is 6.49. The number of hydrogen-bond acceptors (Lipinski definition) is 7. The Morgan fingerprint density at radius 3 is 2.56 bits per heavy atom. The van der Waals surface area contributed by atoms with Gasteiger partial charge in [0, 0.05) is 25.1 Å². The number of aryl methyl sites for hydroxylation is 1. The molecule has 1 amide bonds. The van der Waals surface area contributed by atoms with Gasteiger partial charge in [0.15, 0.2) is 0 Å². The molecule has 2 aromatic heterocycles. The van der Waals surface area contributed by atoms with Gasteiger partial charge in [-0.05, 0) is 62.2 Å². The molecule has 0 spiro atoms. The maximum Gasteiger partial charge on any atom is 0.243 e. The molecule has 1 saturated heterocycles. The van der Waals surface area contributed by atoms with E-state index in [-0.39, 0.29) is 35.6 Å². The quantitative estimate of drug-likeness (QED) is 0.405. The van der Waals surface area contributed by atoms with Crippen LogP contribution in [0.15, 0.2) is 53.4 Å². The molecule has 1 N–H and O–H groups in total. The predicted octanol–water partition coefficient (Wildman–Crippen LogP) is 3.98. The van der Waals surface area contributed by atoms with Crippen molar-refractivity contribution >= 4 is 43.3 Å². The Hall–Kier alpha value is -3.35. The molecular formula is C24H24FN5O4S2. The lowest BCUT2D eigenvalue weighted by atomic mass is 9.97. The van der Waals surface area contributed by atoms with Crippen LogP contribution in [0, 0.1) is 18.7 Å². The van der Waals surface area contributed by atoms with E-state index in [1.165, 1.54) is 47.0 Å². The number of halogens is 1. The Balaban J connectivity index is 1.27. The van der Waals surface area contributed by atoms with Crippen LogP contribution in [0.2, 0.25) is 0 Å². The number of fused-ring (bicyclic) bond motifs is 1.